The standard InChI is InChI=1S/C24H18I2Se2/c25-23-11-9-21(27-23)19-13-15-1-5-17(19)8-4-16-2-6-18(7-3-15)20(14-16)22-10-12-24(26)28-22/h1-2,5-6,9-14H,3-4,7-8H2. The van der Waals surface area contributed by atoms with Gasteiger partial charge >= 0.3 is 208 Å². The van der Waals surface area contributed by atoms with Crippen LogP contribution in [0.5, 0.6) is 0 Å². The Kier molecular flexibility index (Phi) is 6.07. The van der Waals surface area contributed by atoms with E-state index in [9.17, 15) is 0 Å². The monoisotopic (exact) mass is 720 g/mol. The molecule has 0 fully saturated rings. The van der Waals surface area contributed by atoms with Gasteiger partial charge in [-0.05, 0) is 0 Å². The van der Waals surface area contributed by atoms with Gasteiger partial charge in [-0.15, -0.1) is 0 Å². The molecule has 2 aromatic carbocycles. The van der Waals surface area contributed by atoms with Gasteiger partial charge in [-0.2, -0.15) is 0 Å². The number of halogens is 2. The van der Waals surface area contributed by atoms with Crippen LogP contribution in [0.1, 0.15) is 22.3 Å². The first-order valence-corrected chi connectivity index (χ1v) is 15.0. The molecule has 2 aromatic heterocycles. The maximum absolute atomic E-state index is 2.50. The zero-order valence-electron chi connectivity index (χ0n) is 15.2. The summed E-state index contributed by atoms with van der Waals surface area (Å²) in [4.78, 5) is 0. The average Bonchev–Trinajstić information content (AvgIpc) is 3.32. The molecule has 4 bridgehead atoms. The van der Waals surface area contributed by atoms with Crippen molar-refractivity contribution in [2.24, 2.45) is 0 Å². The molecule has 8 rings (SSSR count). The summed E-state index contributed by atoms with van der Waals surface area (Å²) in [6, 6.07) is 23.8. The van der Waals surface area contributed by atoms with Crippen LogP contribution in [-0.4, -0.2) is 29.0 Å². The Hall–Kier alpha value is -0.101. The average molecular weight is 718 g/mol. The van der Waals surface area contributed by atoms with E-state index in [0.29, 0.717) is 29.0 Å². The molecule has 0 nitrogen and oxygen atoms in total. The van der Waals surface area contributed by atoms with E-state index in [2.05, 4.69) is 106 Å². The molecule has 0 N–H and O–H groups in total. The van der Waals surface area contributed by atoms with Crippen molar-refractivity contribution in [1.82, 2.24) is 0 Å². The molecule has 0 atom stereocenters. The third-order valence-electron chi connectivity index (χ3n) is 5.39. The summed E-state index contributed by atoms with van der Waals surface area (Å²) < 4.78 is 6.12. The molecule has 0 amide bonds. The first-order chi connectivity index (χ1) is 13.7. The second-order valence-corrected chi connectivity index (χ2v) is 17.4. The molecule has 0 saturated carbocycles. The Bertz CT molecular complexity index is 1060. The van der Waals surface area contributed by atoms with Crippen LogP contribution in [-0.2, 0) is 25.7 Å². The molecule has 2 heterocycles. The Morgan fingerprint density at radius 2 is 1.00 bits per heavy atom. The van der Waals surface area contributed by atoms with Crippen LogP contribution in [0.15, 0.2) is 60.7 Å². The Morgan fingerprint density at radius 1 is 0.536 bits per heavy atom. The minimum atomic E-state index is 0.486. The Labute approximate surface area is 205 Å². The fraction of sp³-hybridized carbons (Fsp3) is 0.167. The number of aryl methyl sites for hydroxylation is 4. The molecule has 4 heteroatoms. The topological polar surface area (TPSA) is 0 Å². The zero-order valence-corrected chi connectivity index (χ0v) is 22.9. The SMILES string of the molecule is Ic1ccc(-c2cc3ccc2CCc2ccc(c(-c4ccc(I)[se]4)c2)CC3)[se]1. The van der Waals surface area contributed by atoms with Crippen molar-refractivity contribution in [2.45, 2.75) is 25.7 Å². The fourth-order valence-electron chi connectivity index (χ4n) is 3.93. The molecular weight excluding hydrogens is 700 g/mol. The minimum absolute atomic E-state index is 0.486. The van der Waals surface area contributed by atoms with Crippen molar-refractivity contribution in [3.05, 3.63) is 87.8 Å². The van der Waals surface area contributed by atoms with E-state index in [1.54, 1.807) is 8.87 Å². The molecular formula is C24H18I2Se2. The van der Waals surface area contributed by atoms with Crippen molar-refractivity contribution in [3.8, 4) is 20.0 Å². The van der Waals surface area contributed by atoms with Crippen molar-refractivity contribution >= 4 is 74.2 Å². The van der Waals surface area contributed by atoms with Gasteiger partial charge in [0.05, 0.1) is 0 Å². The molecule has 0 spiro atoms. The number of hydrogen-bond acceptors (Lipinski definition) is 0. The second-order valence-electron chi connectivity index (χ2n) is 7.19. The molecule has 4 aromatic rings. The maximum atomic E-state index is 2.50. The quantitative estimate of drug-likeness (QED) is 0.171. The van der Waals surface area contributed by atoms with E-state index in [4.69, 9.17) is 0 Å². The summed E-state index contributed by atoms with van der Waals surface area (Å²) >= 11 is 5.96. The van der Waals surface area contributed by atoms with Gasteiger partial charge in [0.15, 0.2) is 0 Å². The zero-order chi connectivity index (χ0) is 19.1. The summed E-state index contributed by atoms with van der Waals surface area (Å²) in [5.41, 5.74) is 9.01. The van der Waals surface area contributed by atoms with Gasteiger partial charge in [-0.25, -0.2) is 0 Å². The van der Waals surface area contributed by atoms with Crippen LogP contribution in [0, 0.1) is 4.89 Å². The molecule has 0 aliphatic heterocycles. The van der Waals surface area contributed by atoms with Crippen LogP contribution < -0.4 is 0 Å². The fourth-order valence-corrected chi connectivity index (χ4v) is 10.0. The van der Waals surface area contributed by atoms with Crippen LogP contribution in [0.3, 0.4) is 0 Å². The van der Waals surface area contributed by atoms with Gasteiger partial charge < -0.3 is 0 Å². The van der Waals surface area contributed by atoms with Crippen molar-refractivity contribution in [1.29, 1.82) is 0 Å². The molecule has 0 saturated heterocycles. The first kappa shape index (κ1) is 19.8. The summed E-state index contributed by atoms with van der Waals surface area (Å²) in [5, 5.41) is 0. The molecule has 0 unspecified atom stereocenters. The van der Waals surface area contributed by atoms with E-state index in [-0.39, 0.29) is 0 Å². The van der Waals surface area contributed by atoms with E-state index in [0.717, 1.165) is 25.7 Å². The molecule has 4 aliphatic carbocycles. The van der Waals surface area contributed by atoms with Gasteiger partial charge in [0.2, 0.25) is 0 Å². The molecule has 140 valence electrons. The van der Waals surface area contributed by atoms with E-state index < -0.39 is 0 Å². The first-order valence-electron chi connectivity index (χ1n) is 9.41. The third-order valence-corrected chi connectivity index (χ3v) is 12.2. The number of hydrogen-bond donors (Lipinski definition) is 0. The Balaban J connectivity index is 1.57. The van der Waals surface area contributed by atoms with E-state index >= 15 is 0 Å². The predicted octanol–water partition coefficient (Wildman–Crippen LogP) is 6.23. The van der Waals surface area contributed by atoms with Crippen LogP contribution in [0.25, 0.3) is 20.0 Å². The van der Waals surface area contributed by atoms with Crippen LogP contribution >= 0.6 is 45.2 Å². The van der Waals surface area contributed by atoms with Gasteiger partial charge in [-0.1, -0.05) is 0 Å². The normalized spacial score (nSPS) is 13.5. The molecule has 28 heavy (non-hydrogen) atoms. The molecule has 4 aliphatic rings. The third kappa shape index (κ3) is 4.19. The van der Waals surface area contributed by atoms with Crippen LogP contribution in [0.2, 0.25) is 0 Å². The van der Waals surface area contributed by atoms with Gasteiger partial charge in [0, 0.05) is 0 Å². The summed E-state index contributed by atoms with van der Waals surface area (Å²) in [6.07, 6.45) is 4.49. The van der Waals surface area contributed by atoms with Gasteiger partial charge in [-0.3, -0.25) is 0 Å². The van der Waals surface area contributed by atoms with Gasteiger partial charge in [0.25, 0.3) is 0 Å². The second kappa shape index (κ2) is 8.56. The van der Waals surface area contributed by atoms with Gasteiger partial charge in [0.1, 0.15) is 0 Å². The molecule has 0 radical (unpaired) electrons. The summed E-state index contributed by atoms with van der Waals surface area (Å²) in [5.74, 6) is 0. The van der Waals surface area contributed by atoms with Crippen molar-refractivity contribution in [3.63, 3.8) is 0 Å². The van der Waals surface area contributed by atoms with E-state index in [1.165, 1.54) is 38.3 Å². The van der Waals surface area contributed by atoms with Crippen LogP contribution in [0.4, 0.5) is 0 Å². The van der Waals surface area contributed by atoms with Crippen molar-refractivity contribution in [2.75, 3.05) is 0 Å². The summed E-state index contributed by atoms with van der Waals surface area (Å²) in [7, 11) is 0. The van der Waals surface area contributed by atoms with E-state index in [1.807, 2.05) is 0 Å². The Morgan fingerprint density at radius 3 is 1.39 bits per heavy atom. The van der Waals surface area contributed by atoms with Crippen molar-refractivity contribution < 1.29 is 0 Å². The predicted molar refractivity (Wildman–Crippen MR) is 138 cm³/mol. The summed E-state index contributed by atoms with van der Waals surface area (Å²) in [6.45, 7) is 0. The number of benzene rings is 2. The number of rotatable bonds is 2.